The molecule has 2 atom stereocenters. The lowest BCUT2D eigenvalue weighted by atomic mass is 9.96. The smallest absolute Gasteiger partial charge is 0.394 e. The quantitative estimate of drug-likeness (QED) is 0.874. The number of halogens is 3. The molecule has 10 heteroatoms. The molecule has 1 aliphatic heterocycles. The van der Waals surface area contributed by atoms with Gasteiger partial charge in [0.1, 0.15) is 0 Å². The summed E-state index contributed by atoms with van der Waals surface area (Å²) >= 11 is 0. The van der Waals surface area contributed by atoms with Gasteiger partial charge in [-0.3, -0.25) is 10.1 Å². The Balaban J connectivity index is 2.16. The highest BCUT2D eigenvalue weighted by molar-refractivity contribution is 5.90. The Hall–Kier alpha value is -2.52. The van der Waals surface area contributed by atoms with Crippen molar-refractivity contribution < 1.29 is 32.6 Å². The van der Waals surface area contributed by atoms with Crippen molar-refractivity contribution in [3.05, 3.63) is 17.8 Å². The summed E-state index contributed by atoms with van der Waals surface area (Å²) in [5.74, 6) is -5.07. The van der Waals surface area contributed by atoms with E-state index >= 15 is 0 Å². The standard InChI is InChI=1S/C14H16F3N3O4/c1-7-3-4-10(24-2)11(18-7)19-13(23)20-5-8(12(21)22)9(6-20)14(15,16)17/h3-4,8-9H,5-6H2,1-2H3,(H,21,22)(H,18,19,23)/t8-,9-/m1/s1. The van der Waals surface area contributed by atoms with Gasteiger partial charge in [0.15, 0.2) is 11.6 Å². The fourth-order valence-corrected chi connectivity index (χ4v) is 2.53. The maximum Gasteiger partial charge on any atom is 0.394 e. The highest BCUT2D eigenvalue weighted by Gasteiger charge is 2.53. The lowest BCUT2D eigenvalue weighted by molar-refractivity contribution is -0.187. The normalized spacial score (nSPS) is 20.8. The van der Waals surface area contributed by atoms with Crippen molar-refractivity contribution in [2.24, 2.45) is 11.8 Å². The molecule has 1 saturated heterocycles. The number of pyridine rings is 1. The van der Waals surface area contributed by atoms with Crippen LogP contribution in [0.4, 0.5) is 23.8 Å². The number of alkyl halides is 3. The highest BCUT2D eigenvalue weighted by atomic mass is 19.4. The van der Waals surface area contributed by atoms with Gasteiger partial charge in [0, 0.05) is 18.8 Å². The third kappa shape index (κ3) is 3.69. The second-order valence-corrected chi connectivity index (χ2v) is 5.43. The van der Waals surface area contributed by atoms with E-state index < -0.39 is 43.1 Å². The average molecular weight is 347 g/mol. The number of carbonyl (C=O) groups excluding carboxylic acids is 1. The number of ether oxygens (including phenoxy) is 1. The molecule has 0 radical (unpaired) electrons. The molecule has 2 rings (SSSR count). The average Bonchev–Trinajstić information content (AvgIpc) is 2.93. The van der Waals surface area contributed by atoms with Gasteiger partial charge in [-0.2, -0.15) is 13.2 Å². The second-order valence-electron chi connectivity index (χ2n) is 5.43. The number of carboxylic acid groups (broad SMARTS) is 1. The van der Waals surface area contributed by atoms with E-state index in [9.17, 15) is 22.8 Å². The summed E-state index contributed by atoms with van der Waals surface area (Å²) in [7, 11) is 1.36. The number of hydrogen-bond acceptors (Lipinski definition) is 4. The van der Waals surface area contributed by atoms with Gasteiger partial charge >= 0.3 is 18.2 Å². The number of nitrogens with one attached hydrogen (secondary N) is 1. The van der Waals surface area contributed by atoms with E-state index in [0.717, 1.165) is 4.90 Å². The van der Waals surface area contributed by atoms with Gasteiger partial charge in [0.25, 0.3) is 0 Å². The largest absolute Gasteiger partial charge is 0.493 e. The third-order valence-corrected chi connectivity index (χ3v) is 3.79. The molecule has 0 spiro atoms. The summed E-state index contributed by atoms with van der Waals surface area (Å²) in [5, 5.41) is 11.3. The first-order chi connectivity index (χ1) is 11.1. The molecule has 0 saturated carbocycles. The Kier molecular flexibility index (Phi) is 4.86. The number of anilines is 1. The van der Waals surface area contributed by atoms with Crippen LogP contribution in [-0.2, 0) is 4.79 Å². The van der Waals surface area contributed by atoms with E-state index in [1.54, 1.807) is 19.1 Å². The summed E-state index contributed by atoms with van der Waals surface area (Å²) in [6.45, 7) is 0.422. The van der Waals surface area contributed by atoms with Crippen LogP contribution in [0.25, 0.3) is 0 Å². The number of amides is 2. The van der Waals surface area contributed by atoms with E-state index in [1.165, 1.54) is 7.11 Å². The second kappa shape index (κ2) is 6.54. The molecular formula is C14H16F3N3O4. The number of nitrogens with zero attached hydrogens (tertiary/aromatic N) is 2. The zero-order valence-corrected chi connectivity index (χ0v) is 12.9. The van der Waals surface area contributed by atoms with Crippen molar-refractivity contribution in [3.63, 3.8) is 0 Å². The van der Waals surface area contributed by atoms with Crippen LogP contribution in [0.15, 0.2) is 12.1 Å². The molecule has 1 aromatic heterocycles. The topological polar surface area (TPSA) is 91.8 Å². The van der Waals surface area contributed by atoms with Crippen LogP contribution in [0.1, 0.15) is 5.69 Å². The minimum atomic E-state index is -4.70. The predicted molar refractivity (Wildman–Crippen MR) is 76.8 cm³/mol. The Morgan fingerprint density at radius 1 is 1.38 bits per heavy atom. The van der Waals surface area contributed by atoms with Gasteiger partial charge in [0.2, 0.25) is 0 Å². The maximum absolute atomic E-state index is 13.0. The minimum absolute atomic E-state index is 0.0600. The molecule has 132 valence electrons. The number of carbonyl (C=O) groups is 2. The van der Waals surface area contributed by atoms with Crippen LogP contribution in [0.5, 0.6) is 5.75 Å². The molecule has 0 aliphatic carbocycles. The van der Waals surface area contributed by atoms with Crippen molar-refractivity contribution in [2.75, 3.05) is 25.5 Å². The number of likely N-dealkylation sites (tertiary alicyclic amines) is 1. The molecule has 1 aliphatic rings. The molecule has 2 N–H and O–H groups in total. The van der Waals surface area contributed by atoms with Crippen LogP contribution in [-0.4, -0.2) is 53.4 Å². The number of aromatic nitrogens is 1. The van der Waals surface area contributed by atoms with E-state index in [-0.39, 0.29) is 11.6 Å². The van der Waals surface area contributed by atoms with Gasteiger partial charge in [-0.15, -0.1) is 0 Å². The highest BCUT2D eigenvalue weighted by Crippen LogP contribution is 2.38. The van der Waals surface area contributed by atoms with Gasteiger partial charge in [0.05, 0.1) is 18.9 Å². The van der Waals surface area contributed by atoms with Crippen molar-refractivity contribution in [3.8, 4) is 5.75 Å². The van der Waals surface area contributed by atoms with Crippen LogP contribution < -0.4 is 10.1 Å². The van der Waals surface area contributed by atoms with Crippen molar-refractivity contribution in [2.45, 2.75) is 13.1 Å². The SMILES string of the molecule is COc1ccc(C)nc1NC(=O)N1C[C@@H](C(F)(F)F)[C@H](C(=O)O)C1. The summed E-state index contributed by atoms with van der Waals surface area (Å²) in [6, 6.07) is 2.34. The first kappa shape index (κ1) is 17.8. The van der Waals surface area contributed by atoms with E-state index in [2.05, 4.69) is 10.3 Å². The number of aliphatic carboxylic acids is 1. The van der Waals surface area contributed by atoms with Crippen LogP contribution in [0, 0.1) is 18.8 Å². The first-order valence-electron chi connectivity index (χ1n) is 7.00. The Morgan fingerprint density at radius 3 is 2.54 bits per heavy atom. The molecule has 7 nitrogen and oxygen atoms in total. The summed E-state index contributed by atoms with van der Waals surface area (Å²) in [5.41, 5.74) is 0.573. The van der Waals surface area contributed by atoms with Crippen LogP contribution >= 0.6 is 0 Å². The molecule has 2 heterocycles. The first-order valence-corrected chi connectivity index (χ1v) is 7.00. The van der Waals surface area contributed by atoms with Crippen molar-refractivity contribution in [1.29, 1.82) is 0 Å². The number of methoxy groups -OCH3 is 1. The predicted octanol–water partition coefficient (Wildman–Crippen LogP) is 2.13. The monoisotopic (exact) mass is 347 g/mol. The van der Waals surface area contributed by atoms with Gasteiger partial charge in [-0.05, 0) is 19.1 Å². The Morgan fingerprint density at radius 2 is 2.04 bits per heavy atom. The van der Waals surface area contributed by atoms with Gasteiger partial charge in [-0.1, -0.05) is 0 Å². The zero-order valence-electron chi connectivity index (χ0n) is 12.9. The van der Waals surface area contributed by atoms with Gasteiger partial charge in [-0.25, -0.2) is 9.78 Å². The molecule has 2 amide bonds. The van der Waals surface area contributed by atoms with Gasteiger partial charge < -0.3 is 14.7 Å². The third-order valence-electron chi connectivity index (χ3n) is 3.79. The Bertz CT molecular complexity index is 651. The number of aryl methyl sites for hydroxylation is 1. The molecule has 1 aromatic rings. The fourth-order valence-electron chi connectivity index (χ4n) is 2.53. The summed E-state index contributed by atoms with van der Waals surface area (Å²) < 4.78 is 43.9. The molecule has 0 unspecified atom stereocenters. The molecule has 24 heavy (non-hydrogen) atoms. The van der Waals surface area contributed by atoms with Crippen molar-refractivity contribution >= 4 is 17.8 Å². The zero-order chi connectivity index (χ0) is 18.1. The molecule has 0 aromatic carbocycles. The number of rotatable bonds is 3. The van der Waals surface area contributed by atoms with E-state index in [0.29, 0.717) is 5.69 Å². The lowest BCUT2D eigenvalue weighted by Gasteiger charge is -2.19. The Labute approximate surface area is 135 Å². The van der Waals surface area contributed by atoms with Crippen LogP contribution in [0.3, 0.4) is 0 Å². The molecule has 0 bridgehead atoms. The van der Waals surface area contributed by atoms with Crippen molar-refractivity contribution in [1.82, 2.24) is 9.88 Å². The summed E-state index contributed by atoms with van der Waals surface area (Å²) in [4.78, 5) is 28.1. The molecular weight excluding hydrogens is 331 g/mol. The molecule has 1 fully saturated rings. The van der Waals surface area contributed by atoms with E-state index in [1.807, 2.05) is 0 Å². The lowest BCUT2D eigenvalue weighted by Crippen LogP contribution is -2.35. The fraction of sp³-hybridized carbons (Fsp3) is 0.500. The number of urea groups is 1. The van der Waals surface area contributed by atoms with E-state index in [4.69, 9.17) is 9.84 Å². The number of carboxylic acids is 1. The minimum Gasteiger partial charge on any atom is -0.493 e. The van der Waals surface area contributed by atoms with Crippen LogP contribution in [0.2, 0.25) is 0 Å². The number of hydrogen-bond donors (Lipinski definition) is 2. The summed E-state index contributed by atoms with van der Waals surface area (Å²) in [6.07, 6.45) is -4.70. The maximum atomic E-state index is 13.0.